The molecule has 19 heavy (non-hydrogen) atoms. The van der Waals surface area contributed by atoms with Gasteiger partial charge in [-0.2, -0.15) is 0 Å². The molecule has 0 aliphatic carbocycles. The van der Waals surface area contributed by atoms with Gasteiger partial charge in [0.05, 0.1) is 18.2 Å². The van der Waals surface area contributed by atoms with Crippen LogP contribution in [0.1, 0.15) is 17.2 Å². The first-order valence-electron chi connectivity index (χ1n) is 5.92. The van der Waals surface area contributed by atoms with E-state index in [0.29, 0.717) is 5.02 Å². The van der Waals surface area contributed by atoms with Crippen LogP contribution in [0.5, 0.6) is 5.75 Å². The topological polar surface area (TPSA) is 21.3 Å². The lowest BCUT2D eigenvalue weighted by Gasteiger charge is -2.18. The van der Waals surface area contributed by atoms with Crippen LogP contribution < -0.4 is 10.1 Å². The zero-order valence-corrected chi connectivity index (χ0v) is 13.1. The average molecular weight is 341 g/mol. The molecule has 0 aliphatic rings. The molecule has 0 amide bonds. The van der Waals surface area contributed by atoms with Crippen LogP contribution in [0.3, 0.4) is 0 Å². The summed E-state index contributed by atoms with van der Waals surface area (Å²) >= 11 is 9.57. The molecule has 2 aromatic rings. The normalized spacial score (nSPS) is 12.2. The summed E-state index contributed by atoms with van der Waals surface area (Å²) in [6, 6.07) is 14.1. The van der Waals surface area contributed by atoms with Crippen molar-refractivity contribution in [2.45, 2.75) is 6.04 Å². The monoisotopic (exact) mass is 339 g/mol. The summed E-state index contributed by atoms with van der Waals surface area (Å²) in [4.78, 5) is 0. The van der Waals surface area contributed by atoms with Gasteiger partial charge in [-0.1, -0.05) is 29.8 Å². The van der Waals surface area contributed by atoms with Gasteiger partial charge in [0.1, 0.15) is 5.75 Å². The maximum absolute atomic E-state index is 6.16. The van der Waals surface area contributed by atoms with E-state index >= 15 is 0 Å². The minimum absolute atomic E-state index is 0.0840. The van der Waals surface area contributed by atoms with Crippen LogP contribution in [0.2, 0.25) is 5.02 Å². The summed E-state index contributed by atoms with van der Waals surface area (Å²) in [7, 11) is 3.60. The Balaban J connectivity index is 2.40. The molecule has 0 bridgehead atoms. The Morgan fingerprint density at radius 1 is 1.16 bits per heavy atom. The summed E-state index contributed by atoms with van der Waals surface area (Å²) in [6.07, 6.45) is 0. The number of ether oxygens (including phenoxy) is 1. The molecule has 2 aromatic carbocycles. The van der Waals surface area contributed by atoms with Crippen LogP contribution in [0.4, 0.5) is 0 Å². The van der Waals surface area contributed by atoms with Gasteiger partial charge in [0.2, 0.25) is 0 Å². The second-order valence-electron chi connectivity index (χ2n) is 4.17. The Morgan fingerprint density at radius 3 is 2.53 bits per heavy atom. The lowest BCUT2D eigenvalue weighted by atomic mass is 9.99. The summed E-state index contributed by atoms with van der Waals surface area (Å²) in [6.45, 7) is 0. The number of hydrogen-bond acceptors (Lipinski definition) is 2. The number of nitrogens with one attached hydrogen (secondary N) is 1. The molecular weight excluding hydrogens is 326 g/mol. The van der Waals surface area contributed by atoms with Crippen molar-refractivity contribution >= 4 is 27.5 Å². The fourth-order valence-electron chi connectivity index (χ4n) is 2.04. The highest BCUT2D eigenvalue weighted by atomic mass is 79.9. The molecule has 0 fully saturated rings. The largest absolute Gasteiger partial charge is 0.497 e. The van der Waals surface area contributed by atoms with Gasteiger partial charge in [0.25, 0.3) is 0 Å². The third kappa shape index (κ3) is 3.30. The minimum Gasteiger partial charge on any atom is -0.497 e. The molecule has 2 rings (SSSR count). The molecule has 1 N–H and O–H groups in total. The molecule has 0 saturated heterocycles. The van der Waals surface area contributed by atoms with E-state index in [2.05, 4.69) is 33.4 Å². The standard InChI is InChI=1S/C15H15BrClNO/c1-18-15(10-4-3-5-12(8-10)19-2)11-6-7-13(16)14(17)9-11/h3-9,15,18H,1-2H3. The number of hydrogen-bond donors (Lipinski definition) is 1. The van der Waals surface area contributed by atoms with Crippen molar-refractivity contribution in [3.05, 3.63) is 63.1 Å². The van der Waals surface area contributed by atoms with Gasteiger partial charge in [0.15, 0.2) is 0 Å². The first kappa shape index (κ1) is 14.4. The highest BCUT2D eigenvalue weighted by molar-refractivity contribution is 9.10. The Kier molecular flexibility index (Phi) is 4.86. The smallest absolute Gasteiger partial charge is 0.119 e. The van der Waals surface area contributed by atoms with Crippen molar-refractivity contribution in [1.82, 2.24) is 5.32 Å². The molecule has 0 spiro atoms. The molecule has 0 aliphatic heterocycles. The molecule has 0 heterocycles. The predicted molar refractivity (Wildman–Crippen MR) is 83.0 cm³/mol. The second-order valence-corrected chi connectivity index (χ2v) is 5.43. The van der Waals surface area contributed by atoms with Gasteiger partial charge in [0, 0.05) is 4.47 Å². The van der Waals surface area contributed by atoms with E-state index in [-0.39, 0.29) is 6.04 Å². The van der Waals surface area contributed by atoms with Gasteiger partial charge >= 0.3 is 0 Å². The van der Waals surface area contributed by atoms with E-state index in [0.717, 1.165) is 21.3 Å². The van der Waals surface area contributed by atoms with Crippen LogP contribution >= 0.6 is 27.5 Å². The van der Waals surface area contributed by atoms with Crippen LogP contribution in [-0.4, -0.2) is 14.2 Å². The molecule has 100 valence electrons. The molecular formula is C15H15BrClNO. The minimum atomic E-state index is 0.0840. The molecule has 0 saturated carbocycles. The molecule has 1 unspecified atom stereocenters. The quantitative estimate of drug-likeness (QED) is 0.889. The van der Waals surface area contributed by atoms with Crippen molar-refractivity contribution in [2.24, 2.45) is 0 Å². The summed E-state index contributed by atoms with van der Waals surface area (Å²) in [5.41, 5.74) is 2.25. The van der Waals surface area contributed by atoms with Crippen molar-refractivity contribution in [2.75, 3.05) is 14.2 Å². The maximum atomic E-state index is 6.16. The predicted octanol–water partition coefficient (Wildman–Crippen LogP) is 4.42. The van der Waals surface area contributed by atoms with Crippen LogP contribution in [0.25, 0.3) is 0 Å². The Bertz CT molecular complexity index is 574. The van der Waals surface area contributed by atoms with Crippen LogP contribution in [0.15, 0.2) is 46.9 Å². The van der Waals surface area contributed by atoms with E-state index < -0.39 is 0 Å². The highest BCUT2D eigenvalue weighted by Crippen LogP contribution is 2.30. The van der Waals surface area contributed by atoms with E-state index in [1.54, 1.807) is 7.11 Å². The van der Waals surface area contributed by atoms with E-state index in [1.165, 1.54) is 0 Å². The Morgan fingerprint density at radius 2 is 1.89 bits per heavy atom. The third-order valence-corrected chi connectivity index (χ3v) is 4.23. The number of halogens is 2. The summed E-state index contributed by atoms with van der Waals surface area (Å²) in [5.74, 6) is 0.848. The van der Waals surface area contributed by atoms with Gasteiger partial charge < -0.3 is 10.1 Å². The molecule has 0 radical (unpaired) electrons. The number of methoxy groups -OCH3 is 1. The van der Waals surface area contributed by atoms with Crippen molar-refractivity contribution in [3.63, 3.8) is 0 Å². The first-order chi connectivity index (χ1) is 9.15. The van der Waals surface area contributed by atoms with E-state index in [1.807, 2.05) is 37.4 Å². The average Bonchev–Trinajstić information content (AvgIpc) is 2.44. The summed E-state index contributed by atoms with van der Waals surface area (Å²) in [5, 5.41) is 4.01. The first-order valence-corrected chi connectivity index (χ1v) is 7.09. The lowest BCUT2D eigenvalue weighted by Crippen LogP contribution is -2.17. The van der Waals surface area contributed by atoms with Gasteiger partial charge in [-0.15, -0.1) is 0 Å². The third-order valence-electron chi connectivity index (χ3n) is 2.99. The second kappa shape index (κ2) is 6.42. The lowest BCUT2D eigenvalue weighted by molar-refractivity contribution is 0.414. The molecule has 0 aromatic heterocycles. The SMILES string of the molecule is CNC(c1cccc(OC)c1)c1ccc(Br)c(Cl)c1. The molecule has 2 nitrogen and oxygen atoms in total. The van der Waals surface area contributed by atoms with E-state index in [4.69, 9.17) is 16.3 Å². The summed E-state index contributed by atoms with van der Waals surface area (Å²) < 4.78 is 6.17. The van der Waals surface area contributed by atoms with Crippen molar-refractivity contribution < 1.29 is 4.74 Å². The van der Waals surface area contributed by atoms with E-state index in [9.17, 15) is 0 Å². The van der Waals surface area contributed by atoms with Crippen LogP contribution in [0, 0.1) is 0 Å². The van der Waals surface area contributed by atoms with Crippen molar-refractivity contribution in [3.8, 4) is 5.75 Å². The Hall–Kier alpha value is -1.03. The fraction of sp³-hybridized carbons (Fsp3) is 0.200. The number of rotatable bonds is 4. The fourth-order valence-corrected chi connectivity index (χ4v) is 2.47. The zero-order valence-electron chi connectivity index (χ0n) is 10.8. The van der Waals surface area contributed by atoms with Gasteiger partial charge in [-0.3, -0.25) is 0 Å². The molecule has 4 heteroatoms. The van der Waals surface area contributed by atoms with Gasteiger partial charge in [-0.25, -0.2) is 0 Å². The van der Waals surface area contributed by atoms with Gasteiger partial charge in [-0.05, 0) is 58.4 Å². The zero-order chi connectivity index (χ0) is 13.8. The highest BCUT2D eigenvalue weighted by Gasteiger charge is 2.13. The molecule has 1 atom stereocenters. The maximum Gasteiger partial charge on any atom is 0.119 e. The Labute approximate surface area is 126 Å². The van der Waals surface area contributed by atoms with Crippen LogP contribution in [-0.2, 0) is 0 Å². The number of benzene rings is 2. The van der Waals surface area contributed by atoms with Crippen molar-refractivity contribution in [1.29, 1.82) is 0 Å².